The lowest BCUT2D eigenvalue weighted by Crippen LogP contribution is -2.37. The Kier molecular flexibility index (Phi) is 5.65. The van der Waals surface area contributed by atoms with Gasteiger partial charge in [0.05, 0.1) is 18.7 Å². The number of nitrogens with zero attached hydrogens (tertiary/aromatic N) is 2. The maximum Gasteiger partial charge on any atom is 0.260 e. The van der Waals surface area contributed by atoms with Gasteiger partial charge in [-0.2, -0.15) is 5.26 Å². The Bertz CT molecular complexity index is 562. The topological polar surface area (TPSA) is 62.6 Å². The molecule has 1 aliphatic carbocycles. The molecule has 0 atom stereocenters. The van der Waals surface area contributed by atoms with Gasteiger partial charge in [-0.15, -0.1) is 0 Å². The number of benzene rings is 1. The third kappa shape index (κ3) is 4.39. The first-order valence-corrected chi connectivity index (χ1v) is 7.66. The molecule has 5 nitrogen and oxygen atoms in total. The van der Waals surface area contributed by atoms with Crippen LogP contribution in [0.4, 0.5) is 0 Å². The minimum absolute atomic E-state index is 0.000151. The van der Waals surface area contributed by atoms with E-state index in [9.17, 15) is 4.79 Å². The third-order valence-corrected chi connectivity index (χ3v) is 3.67. The molecule has 0 aliphatic heterocycles. The van der Waals surface area contributed by atoms with Crippen LogP contribution in [0, 0.1) is 17.2 Å². The Morgan fingerprint density at radius 3 is 2.77 bits per heavy atom. The lowest BCUT2D eigenvalue weighted by atomic mass is 10.2. The van der Waals surface area contributed by atoms with E-state index in [1.54, 1.807) is 18.2 Å². The molecule has 5 heteroatoms. The van der Waals surface area contributed by atoms with E-state index >= 15 is 0 Å². The predicted molar refractivity (Wildman–Crippen MR) is 82.8 cm³/mol. The Morgan fingerprint density at radius 2 is 2.18 bits per heavy atom. The molecule has 0 aromatic heterocycles. The van der Waals surface area contributed by atoms with Crippen LogP contribution in [-0.4, -0.2) is 37.6 Å². The summed E-state index contributed by atoms with van der Waals surface area (Å²) in [6, 6.07) is 6.96. The fraction of sp³-hybridized carbons (Fsp3) is 0.529. The molecule has 0 N–H and O–H groups in total. The largest absolute Gasteiger partial charge is 0.493 e. The SMILES string of the molecule is CCCN(CC1CC1)C(=O)COc1ccc(C#N)cc1OC. The Hall–Kier alpha value is -2.22. The van der Waals surface area contributed by atoms with E-state index in [0.717, 1.165) is 19.5 Å². The smallest absolute Gasteiger partial charge is 0.260 e. The van der Waals surface area contributed by atoms with Gasteiger partial charge >= 0.3 is 0 Å². The molecule has 0 saturated heterocycles. The molecular weight excluding hydrogens is 280 g/mol. The fourth-order valence-corrected chi connectivity index (χ4v) is 2.29. The van der Waals surface area contributed by atoms with Crippen molar-refractivity contribution < 1.29 is 14.3 Å². The predicted octanol–water partition coefficient (Wildman–Crippen LogP) is 2.59. The highest BCUT2D eigenvalue weighted by molar-refractivity contribution is 5.78. The Balaban J connectivity index is 1.95. The third-order valence-electron chi connectivity index (χ3n) is 3.67. The molecule has 1 aliphatic rings. The van der Waals surface area contributed by atoms with Crippen LogP contribution in [0.15, 0.2) is 18.2 Å². The van der Waals surface area contributed by atoms with Crippen LogP contribution in [0.5, 0.6) is 11.5 Å². The summed E-state index contributed by atoms with van der Waals surface area (Å²) in [7, 11) is 1.52. The van der Waals surface area contributed by atoms with E-state index in [1.165, 1.54) is 20.0 Å². The summed E-state index contributed by atoms with van der Waals surface area (Å²) < 4.78 is 10.8. The van der Waals surface area contributed by atoms with Crippen LogP contribution >= 0.6 is 0 Å². The van der Waals surface area contributed by atoms with Crippen molar-refractivity contribution in [3.05, 3.63) is 23.8 Å². The molecule has 1 fully saturated rings. The molecule has 0 heterocycles. The zero-order valence-electron chi connectivity index (χ0n) is 13.2. The molecule has 0 bridgehead atoms. The van der Waals surface area contributed by atoms with Crippen molar-refractivity contribution in [1.82, 2.24) is 4.90 Å². The number of rotatable bonds is 8. The summed E-state index contributed by atoms with van der Waals surface area (Å²) in [6.07, 6.45) is 3.38. The molecule has 1 aromatic rings. The summed E-state index contributed by atoms with van der Waals surface area (Å²) in [5.74, 6) is 1.62. The summed E-state index contributed by atoms with van der Waals surface area (Å²) in [4.78, 5) is 14.2. The van der Waals surface area contributed by atoms with Gasteiger partial charge in [-0.05, 0) is 37.3 Å². The highest BCUT2D eigenvalue weighted by Gasteiger charge is 2.26. The van der Waals surface area contributed by atoms with Crippen LogP contribution in [-0.2, 0) is 4.79 Å². The summed E-state index contributed by atoms with van der Waals surface area (Å²) in [6.45, 7) is 3.66. The quantitative estimate of drug-likeness (QED) is 0.740. The van der Waals surface area contributed by atoms with E-state index in [0.29, 0.717) is 23.0 Å². The molecule has 0 radical (unpaired) electrons. The Morgan fingerprint density at radius 1 is 1.41 bits per heavy atom. The first-order valence-electron chi connectivity index (χ1n) is 7.66. The van der Waals surface area contributed by atoms with Crippen molar-refractivity contribution in [2.24, 2.45) is 5.92 Å². The lowest BCUT2D eigenvalue weighted by molar-refractivity contribution is -0.133. The van der Waals surface area contributed by atoms with Crippen molar-refractivity contribution >= 4 is 5.91 Å². The highest BCUT2D eigenvalue weighted by atomic mass is 16.5. The summed E-state index contributed by atoms with van der Waals surface area (Å²) >= 11 is 0. The summed E-state index contributed by atoms with van der Waals surface area (Å²) in [5, 5.41) is 8.88. The molecule has 22 heavy (non-hydrogen) atoms. The van der Waals surface area contributed by atoms with Crippen molar-refractivity contribution in [3.8, 4) is 17.6 Å². The average molecular weight is 302 g/mol. The lowest BCUT2D eigenvalue weighted by Gasteiger charge is -2.22. The zero-order valence-corrected chi connectivity index (χ0v) is 13.2. The standard InChI is InChI=1S/C17H22N2O3/c1-3-8-19(11-13-4-5-13)17(20)12-22-15-7-6-14(10-18)9-16(15)21-2/h6-7,9,13H,3-5,8,11-12H2,1-2H3. The Labute approximate surface area is 131 Å². The number of hydrogen-bond donors (Lipinski definition) is 0. The normalized spacial score (nSPS) is 13.3. The van der Waals surface area contributed by atoms with Gasteiger partial charge in [0.1, 0.15) is 0 Å². The minimum atomic E-state index is -0.00498. The van der Waals surface area contributed by atoms with E-state index in [-0.39, 0.29) is 12.5 Å². The van der Waals surface area contributed by atoms with Crippen LogP contribution in [0.3, 0.4) is 0 Å². The molecule has 1 saturated carbocycles. The fourth-order valence-electron chi connectivity index (χ4n) is 2.29. The second-order valence-electron chi connectivity index (χ2n) is 5.55. The molecule has 2 rings (SSSR count). The van der Waals surface area contributed by atoms with Gasteiger partial charge in [-0.1, -0.05) is 6.92 Å². The van der Waals surface area contributed by atoms with Gasteiger partial charge in [0.2, 0.25) is 0 Å². The molecule has 0 unspecified atom stereocenters. The van der Waals surface area contributed by atoms with Crippen molar-refractivity contribution in [1.29, 1.82) is 5.26 Å². The van der Waals surface area contributed by atoms with Gasteiger partial charge in [0, 0.05) is 19.2 Å². The molecule has 0 spiro atoms. The number of hydrogen-bond acceptors (Lipinski definition) is 4. The zero-order chi connectivity index (χ0) is 15.9. The second kappa shape index (κ2) is 7.69. The van der Waals surface area contributed by atoms with Crippen molar-refractivity contribution in [3.63, 3.8) is 0 Å². The van der Waals surface area contributed by atoms with Crippen LogP contribution in [0.2, 0.25) is 0 Å². The number of carbonyl (C=O) groups is 1. The van der Waals surface area contributed by atoms with E-state index < -0.39 is 0 Å². The van der Waals surface area contributed by atoms with Crippen LogP contribution in [0.25, 0.3) is 0 Å². The highest BCUT2D eigenvalue weighted by Crippen LogP contribution is 2.30. The first kappa shape index (κ1) is 16.2. The summed E-state index contributed by atoms with van der Waals surface area (Å²) in [5.41, 5.74) is 0.497. The van der Waals surface area contributed by atoms with Gasteiger partial charge < -0.3 is 14.4 Å². The number of nitriles is 1. The first-order chi connectivity index (χ1) is 10.7. The number of carbonyl (C=O) groups excluding carboxylic acids is 1. The molecule has 1 aromatic carbocycles. The van der Waals surface area contributed by atoms with Gasteiger partial charge in [-0.3, -0.25) is 4.79 Å². The van der Waals surface area contributed by atoms with Gasteiger partial charge in [-0.25, -0.2) is 0 Å². The van der Waals surface area contributed by atoms with Gasteiger partial charge in [0.25, 0.3) is 5.91 Å². The van der Waals surface area contributed by atoms with E-state index in [2.05, 4.69) is 6.92 Å². The maximum absolute atomic E-state index is 12.3. The van der Waals surface area contributed by atoms with Crippen LogP contribution in [0.1, 0.15) is 31.7 Å². The van der Waals surface area contributed by atoms with Gasteiger partial charge in [0.15, 0.2) is 18.1 Å². The molecular formula is C17H22N2O3. The number of amides is 1. The van der Waals surface area contributed by atoms with Crippen LogP contribution < -0.4 is 9.47 Å². The van der Waals surface area contributed by atoms with E-state index in [4.69, 9.17) is 14.7 Å². The molecule has 118 valence electrons. The monoisotopic (exact) mass is 302 g/mol. The molecule has 1 amide bonds. The second-order valence-corrected chi connectivity index (χ2v) is 5.55. The number of ether oxygens (including phenoxy) is 2. The maximum atomic E-state index is 12.3. The number of methoxy groups -OCH3 is 1. The minimum Gasteiger partial charge on any atom is -0.493 e. The van der Waals surface area contributed by atoms with Crippen molar-refractivity contribution in [2.75, 3.05) is 26.8 Å². The van der Waals surface area contributed by atoms with Crippen molar-refractivity contribution in [2.45, 2.75) is 26.2 Å². The van der Waals surface area contributed by atoms with E-state index in [1.807, 2.05) is 11.0 Å². The average Bonchev–Trinajstić information content (AvgIpc) is 3.36.